The molecule has 0 aromatic rings. The molecule has 15 heavy (non-hydrogen) atoms. The van der Waals surface area contributed by atoms with Crippen LogP contribution in [0.1, 0.15) is 48.0 Å². The van der Waals surface area contributed by atoms with Crippen molar-refractivity contribution in [2.24, 2.45) is 4.99 Å². The Morgan fingerprint density at radius 1 is 1.33 bits per heavy atom. The van der Waals surface area contributed by atoms with E-state index in [1.54, 1.807) is 11.8 Å². The number of aliphatic imine (C=N–C) groups is 1. The first kappa shape index (κ1) is 15.0. The van der Waals surface area contributed by atoms with Gasteiger partial charge in [0.15, 0.2) is 0 Å². The molecular formula is C12H25NOS. The van der Waals surface area contributed by atoms with Crippen LogP contribution in [-0.2, 0) is 4.74 Å². The summed E-state index contributed by atoms with van der Waals surface area (Å²) >= 11 is 1.73. The van der Waals surface area contributed by atoms with Gasteiger partial charge in [0, 0.05) is 18.2 Å². The number of rotatable bonds is 6. The molecule has 0 aliphatic carbocycles. The van der Waals surface area contributed by atoms with E-state index in [1.807, 2.05) is 0 Å². The Hall–Kier alpha value is -0.0200. The van der Waals surface area contributed by atoms with Crippen LogP contribution in [0.2, 0.25) is 0 Å². The molecule has 0 spiro atoms. The monoisotopic (exact) mass is 231 g/mol. The van der Waals surface area contributed by atoms with E-state index in [0.29, 0.717) is 6.04 Å². The van der Waals surface area contributed by atoms with Gasteiger partial charge in [0.1, 0.15) is 5.44 Å². The molecule has 0 bridgehead atoms. The van der Waals surface area contributed by atoms with Gasteiger partial charge in [-0.15, -0.1) is 11.8 Å². The van der Waals surface area contributed by atoms with Gasteiger partial charge in [0.05, 0.1) is 5.60 Å². The smallest absolute Gasteiger partial charge is 0.100 e. The van der Waals surface area contributed by atoms with Crippen LogP contribution in [0.15, 0.2) is 4.99 Å². The molecule has 2 nitrogen and oxygen atoms in total. The van der Waals surface area contributed by atoms with Crippen LogP contribution < -0.4 is 0 Å². The van der Waals surface area contributed by atoms with Crippen molar-refractivity contribution in [3.8, 4) is 0 Å². The standard InChI is InChI=1S/C12H25NOS/c1-9(2)13-10(3)8-12(5,6)14-11(4)15-7/h9,11H,8H2,1-7H3/b13-10-. The summed E-state index contributed by atoms with van der Waals surface area (Å²) in [6.45, 7) is 12.6. The molecule has 0 aliphatic heterocycles. The number of ether oxygens (including phenoxy) is 1. The summed E-state index contributed by atoms with van der Waals surface area (Å²) in [6, 6.07) is 0.374. The van der Waals surface area contributed by atoms with Gasteiger partial charge in [-0.25, -0.2) is 0 Å². The third-order valence-corrected chi connectivity index (χ3v) is 2.74. The third kappa shape index (κ3) is 7.86. The Bertz CT molecular complexity index is 212. The molecule has 0 rings (SSSR count). The van der Waals surface area contributed by atoms with Gasteiger partial charge in [-0.1, -0.05) is 0 Å². The molecule has 0 heterocycles. The Morgan fingerprint density at radius 3 is 2.27 bits per heavy atom. The SMILES string of the molecule is CSC(C)OC(C)(C)C/C(C)=N\C(C)C. The fourth-order valence-electron chi connectivity index (χ4n) is 1.64. The Morgan fingerprint density at radius 2 is 1.87 bits per heavy atom. The second kappa shape index (κ2) is 6.54. The summed E-state index contributed by atoms with van der Waals surface area (Å²) in [5.74, 6) is 0. The Balaban J connectivity index is 4.24. The number of hydrogen-bond acceptors (Lipinski definition) is 3. The van der Waals surface area contributed by atoms with Gasteiger partial charge in [-0.2, -0.15) is 0 Å². The normalized spacial score (nSPS) is 15.9. The summed E-state index contributed by atoms with van der Waals surface area (Å²) in [7, 11) is 0. The lowest BCUT2D eigenvalue weighted by Gasteiger charge is -2.28. The predicted octanol–water partition coefficient (Wildman–Crippen LogP) is 3.75. The van der Waals surface area contributed by atoms with Crippen molar-refractivity contribution in [3.63, 3.8) is 0 Å². The minimum absolute atomic E-state index is 0.120. The molecule has 0 aromatic heterocycles. The molecule has 0 radical (unpaired) electrons. The van der Waals surface area contributed by atoms with Gasteiger partial charge in [-0.3, -0.25) is 4.99 Å². The van der Waals surface area contributed by atoms with Gasteiger partial charge in [0.25, 0.3) is 0 Å². The van der Waals surface area contributed by atoms with Crippen molar-refractivity contribution >= 4 is 17.5 Å². The second-order valence-electron chi connectivity index (χ2n) is 4.82. The quantitative estimate of drug-likeness (QED) is 0.513. The molecule has 0 aliphatic rings. The zero-order chi connectivity index (χ0) is 12.1. The first-order chi connectivity index (χ1) is 6.76. The highest BCUT2D eigenvalue weighted by molar-refractivity contribution is 7.99. The molecule has 0 N–H and O–H groups in total. The predicted molar refractivity (Wildman–Crippen MR) is 71.0 cm³/mol. The maximum Gasteiger partial charge on any atom is 0.100 e. The molecule has 0 saturated heterocycles. The van der Waals surface area contributed by atoms with E-state index in [1.165, 1.54) is 5.71 Å². The van der Waals surface area contributed by atoms with E-state index in [4.69, 9.17) is 4.74 Å². The van der Waals surface area contributed by atoms with Crippen LogP contribution in [0.25, 0.3) is 0 Å². The molecule has 1 unspecified atom stereocenters. The molecule has 1 atom stereocenters. The molecule has 0 saturated carbocycles. The van der Waals surface area contributed by atoms with E-state index < -0.39 is 0 Å². The first-order valence-electron chi connectivity index (χ1n) is 5.50. The number of nitrogens with zero attached hydrogens (tertiary/aromatic N) is 1. The minimum Gasteiger partial charge on any atom is -0.362 e. The van der Waals surface area contributed by atoms with Crippen molar-refractivity contribution in [2.75, 3.05) is 6.26 Å². The Kier molecular flexibility index (Phi) is 6.53. The van der Waals surface area contributed by atoms with Crippen molar-refractivity contribution in [1.29, 1.82) is 0 Å². The zero-order valence-electron chi connectivity index (χ0n) is 11.1. The summed E-state index contributed by atoms with van der Waals surface area (Å²) in [4.78, 5) is 4.53. The average Bonchev–Trinajstić information content (AvgIpc) is 1.99. The summed E-state index contributed by atoms with van der Waals surface area (Å²) in [6.07, 6.45) is 2.96. The number of hydrogen-bond donors (Lipinski definition) is 0. The highest BCUT2D eigenvalue weighted by Gasteiger charge is 2.22. The topological polar surface area (TPSA) is 21.6 Å². The van der Waals surface area contributed by atoms with Gasteiger partial charge in [0.2, 0.25) is 0 Å². The third-order valence-electron chi connectivity index (χ3n) is 1.98. The molecule has 0 amide bonds. The van der Waals surface area contributed by atoms with Crippen LogP contribution in [-0.4, -0.2) is 29.0 Å². The molecule has 0 fully saturated rings. The summed E-state index contributed by atoms with van der Waals surface area (Å²) in [5.41, 5.74) is 1.29. The van der Waals surface area contributed by atoms with E-state index >= 15 is 0 Å². The fraction of sp³-hybridized carbons (Fsp3) is 0.917. The van der Waals surface area contributed by atoms with Gasteiger partial charge in [-0.05, 0) is 47.8 Å². The van der Waals surface area contributed by atoms with Crippen molar-refractivity contribution < 1.29 is 4.74 Å². The van der Waals surface area contributed by atoms with E-state index in [0.717, 1.165) is 6.42 Å². The highest BCUT2D eigenvalue weighted by Crippen LogP contribution is 2.22. The lowest BCUT2D eigenvalue weighted by atomic mass is 10.0. The van der Waals surface area contributed by atoms with E-state index in [2.05, 4.69) is 52.8 Å². The molecule has 90 valence electrons. The van der Waals surface area contributed by atoms with Crippen LogP contribution in [0.5, 0.6) is 0 Å². The molecule has 0 aromatic carbocycles. The van der Waals surface area contributed by atoms with Crippen molar-refractivity contribution in [3.05, 3.63) is 0 Å². The first-order valence-corrected chi connectivity index (χ1v) is 6.79. The maximum atomic E-state index is 5.92. The second-order valence-corrected chi connectivity index (χ2v) is 5.95. The van der Waals surface area contributed by atoms with E-state index in [9.17, 15) is 0 Å². The van der Waals surface area contributed by atoms with Crippen LogP contribution in [0, 0.1) is 0 Å². The van der Waals surface area contributed by atoms with Crippen LogP contribution in [0.4, 0.5) is 0 Å². The largest absolute Gasteiger partial charge is 0.362 e. The fourth-order valence-corrected chi connectivity index (χ4v) is 2.00. The van der Waals surface area contributed by atoms with E-state index in [-0.39, 0.29) is 11.0 Å². The van der Waals surface area contributed by atoms with Gasteiger partial charge < -0.3 is 4.74 Å². The Labute approximate surface area is 98.9 Å². The molecular weight excluding hydrogens is 206 g/mol. The maximum absolute atomic E-state index is 5.92. The average molecular weight is 231 g/mol. The van der Waals surface area contributed by atoms with Gasteiger partial charge >= 0.3 is 0 Å². The van der Waals surface area contributed by atoms with Crippen molar-refractivity contribution in [2.45, 2.75) is 65.0 Å². The lowest BCUT2D eigenvalue weighted by Crippen LogP contribution is -2.30. The lowest BCUT2D eigenvalue weighted by molar-refractivity contribution is -0.0203. The summed E-state index contributed by atoms with van der Waals surface area (Å²) in [5, 5.41) is 0. The number of thioether (sulfide) groups is 1. The molecule has 3 heteroatoms. The van der Waals surface area contributed by atoms with Crippen LogP contribution >= 0.6 is 11.8 Å². The summed E-state index contributed by atoms with van der Waals surface area (Å²) < 4.78 is 5.92. The van der Waals surface area contributed by atoms with Crippen molar-refractivity contribution in [1.82, 2.24) is 0 Å². The zero-order valence-corrected chi connectivity index (χ0v) is 11.9. The highest BCUT2D eigenvalue weighted by atomic mass is 32.2. The van der Waals surface area contributed by atoms with Crippen LogP contribution in [0.3, 0.4) is 0 Å². The minimum atomic E-state index is -0.120.